The lowest BCUT2D eigenvalue weighted by molar-refractivity contribution is 1.14. The lowest BCUT2D eigenvalue weighted by Gasteiger charge is -1.84. The van der Waals surface area contributed by atoms with Crippen LogP contribution < -0.4 is 5.32 Å². The lowest BCUT2D eigenvalue weighted by atomic mass is 10.3. The summed E-state index contributed by atoms with van der Waals surface area (Å²) in [4.78, 5) is 0. The molecule has 1 aromatic carbocycles. The Labute approximate surface area is 61.7 Å². The van der Waals surface area contributed by atoms with E-state index in [0.717, 1.165) is 16.2 Å². The number of aromatic amines is 1. The van der Waals surface area contributed by atoms with Crippen LogP contribution in [0.15, 0.2) is 24.3 Å². The first-order valence-electron chi connectivity index (χ1n) is 3.02. The molecule has 1 N–H and O–H groups in total. The van der Waals surface area contributed by atoms with Gasteiger partial charge in [-0.2, -0.15) is 5.10 Å². The van der Waals surface area contributed by atoms with Gasteiger partial charge in [-0.3, -0.25) is 5.10 Å². The van der Waals surface area contributed by atoms with Crippen LogP contribution in [0.4, 0.5) is 0 Å². The highest BCUT2D eigenvalue weighted by molar-refractivity contribution is 6.36. The molecule has 0 atom stereocenters. The Morgan fingerprint density at radius 3 is 2.90 bits per heavy atom. The summed E-state index contributed by atoms with van der Waals surface area (Å²) in [5.41, 5.74) is 0.993. The number of hydrogen-bond acceptors (Lipinski definition) is 1. The van der Waals surface area contributed by atoms with Crippen molar-refractivity contribution in [2.75, 3.05) is 0 Å². The molecule has 0 amide bonds. The summed E-state index contributed by atoms with van der Waals surface area (Å²) in [5, 5.41) is 8.95. The van der Waals surface area contributed by atoms with E-state index in [1.54, 1.807) is 0 Å². The molecule has 0 aliphatic heterocycles. The van der Waals surface area contributed by atoms with Crippen molar-refractivity contribution in [3.05, 3.63) is 24.3 Å². The Morgan fingerprint density at radius 2 is 2.10 bits per heavy atom. The summed E-state index contributed by atoms with van der Waals surface area (Å²) >= 11 is 0. The van der Waals surface area contributed by atoms with Crippen LogP contribution in [0.1, 0.15) is 0 Å². The Kier molecular flexibility index (Phi) is 1.11. The van der Waals surface area contributed by atoms with Crippen molar-refractivity contribution in [2.24, 2.45) is 0 Å². The number of nitrogens with one attached hydrogen (secondary N) is 1. The molecule has 1 heterocycles. The number of para-hydroxylation sites is 1. The second-order valence-electron chi connectivity index (χ2n) is 2.12. The maximum Gasteiger partial charge on any atom is 0.0995 e. The van der Waals surface area contributed by atoms with E-state index >= 15 is 0 Å². The minimum atomic E-state index is 0.940. The number of nitrogens with zero attached hydrogens (tertiary/aromatic N) is 1. The summed E-state index contributed by atoms with van der Waals surface area (Å²) < 4.78 is 0. The predicted molar refractivity (Wildman–Crippen MR) is 41.5 cm³/mol. The monoisotopic (exact) mass is 145 g/mol. The van der Waals surface area contributed by atoms with Gasteiger partial charge in [0, 0.05) is 10.7 Å². The highest BCUT2D eigenvalue weighted by Gasteiger charge is 1.96. The molecular formula is C7H5N2Si. The maximum atomic E-state index is 4.04. The van der Waals surface area contributed by atoms with Gasteiger partial charge in [0.25, 0.3) is 0 Å². The molecule has 0 saturated heterocycles. The van der Waals surface area contributed by atoms with Crippen molar-refractivity contribution < 1.29 is 0 Å². The van der Waals surface area contributed by atoms with Crippen LogP contribution in [0, 0.1) is 0 Å². The topological polar surface area (TPSA) is 28.7 Å². The van der Waals surface area contributed by atoms with Crippen LogP contribution in [0.25, 0.3) is 10.9 Å². The van der Waals surface area contributed by atoms with Crippen LogP contribution in [0.2, 0.25) is 0 Å². The fourth-order valence-corrected chi connectivity index (χ4v) is 1.23. The molecule has 3 heteroatoms. The van der Waals surface area contributed by atoms with E-state index in [9.17, 15) is 0 Å². The number of aromatic nitrogens is 2. The Hall–Kier alpha value is -1.09. The summed E-state index contributed by atoms with van der Waals surface area (Å²) in [6, 6.07) is 7.94. The van der Waals surface area contributed by atoms with Gasteiger partial charge < -0.3 is 0 Å². The molecule has 2 aromatic rings. The second kappa shape index (κ2) is 1.95. The number of rotatable bonds is 0. The Morgan fingerprint density at radius 1 is 1.30 bits per heavy atom. The van der Waals surface area contributed by atoms with E-state index in [4.69, 9.17) is 0 Å². The molecule has 0 spiro atoms. The van der Waals surface area contributed by atoms with E-state index in [1.807, 2.05) is 24.3 Å². The van der Waals surface area contributed by atoms with Crippen molar-refractivity contribution in [1.29, 1.82) is 0 Å². The minimum Gasteiger partial charge on any atom is -0.287 e. The fourth-order valence-electron chi connectivity index (χ4n) is 0.959. The first-order valence-corrected chi connectivity index (χ1v) is 3.52. The molecule has 0 fully saturated rings. The molecule has 0 aliphatic carbocycles. The van der Waals surface area contributed by atoms with Crippen LogP contribution in [0.5, 0.6) is 0 Å². The van der Waals surface area contributed by atoms with Crippen molar-refractivity contribution in [3.8, 4) is 0 Å². The van der Waals surface area contributed by atoms with Gasteiger partial charge in [-0.05, 0) is 6.07 Å². The van der Waals surface area contributed by atoms with Crippen molar-refractivity contribution in [1.82, 2.24) is 10.2 Å². The third kappa shape index (κ3) is 0.674. The molecule has 2 nitrogen and oxygen atoms in total. The zero-order chi connectivity index (χ0) is 6.97. The smallest absolute Gasteiger partial charge is 0.0995 e. The van der Waals surface area contributed by atoms with Gasteiger partial charge in [0.2, 0.25) is 0 Å². The molecule has 1 aromatic heterocycles. The SMILES string of the molecule is [Si]c1[nH]nc2ccccc12. The van der Waals surface area contributed by atoms with Crippen molar-refractivity contribution >= 4 is 26.5 Å². The molecule has 0 unspecified atom stereocenters. The molecule has 2 rings (SSSR count). The number of benzene rings is 1. The second-order valence-corrected chi connectivity index (χ2v) is 2.62. The summed E-state index contributed by atoms with van der Waals surface area (Å²) in [6.45, 7) is 0. The molecule has 0 aliphatic rings. The maximum absolute atomic E-state index is 4.04. The normalized spacial score (nSPS) is 10.5. The molecule has 0 saturated carbocycles. The number of fused-ring (bicyclic) bond motifs is 1. The van der Waals surface area contributed by atoms with Gasteiger partial charge >= 0.3 is 0 Å². The fraction of sp³-hybridized carbons (Fsp3) is 0. The first kappa shape index (κ1) is 5.67. The molecule has 0 bridgehead atoms. The Balaban J connectivity index is 2.93. The van der Waals surface area contributed by atoms with Crippen molar-refractivity contribution in [3.63, 3.8) is 0 Å². The largest absolute Gasteiger partial charge is 0.287 e. The quantitative estimate of drug-likeness (QED) is 0.533. The third-order valence-corrected chi connectivity index (χ3v) is 1.84. The van der Waals surface area contributed by atoms with E-state index in [1.165, 1.54) is 0 Å². The Bertz CT molecular complexity index is 353. The molecule has 3 radical (unpaired) electrons. The van der Waals surface area contributed by atoms with Crippen LogP contribution >= 0.6 is 0 Å². The summed E-state index contributed by atoms with van der Waals surface area (Å²) in [6.07, 6.45) is 0. The van der Waals surface area contributed by atoms with Gasteiger partial charge in [-0.1, -0.05) is 18.2 Å². The summed E-state index contributed by atoms with van der Waals surface area (Å²) in [5.74, 6) is 0. The zero-order valence-corrected chi connectivity index (χ0v) is 6.26. The molecule has 47 valence electrons. The summed E-state index contributed by atoms with van der Waals surface area (Å²) in [7, 11) is 3.40. The third-order valence-electron chi connectivity index (χ3n) is 1.46. The average Bonchev–Trinajstić information content (AvgIpc) is 2.34. The van der Waals surface area contributed by atoms with Crippen LogP contribution in [-0.4, -0.2) is 20.4 Å². The lowest BCUT2D eigenvalue weighted by Crippen LogP contribution is -2.02. The average molecular weight is 145 g/mol. The highest BCUT2D eigenvalue weighted by atomic mass is 28.1. The van der Waals surface area contributed by atoms with E-state index in [0.29, 0.717) is 0 Å². The predicted octanol–water partition coefficient (Wildman–Crippen LogP) is 0.357. The standard InChI is InChI=1S/C7H5N2Si/c10-7-5-3-1-2-4-6(5)8-9-7/h1-4H,(H,8,9). The van der Waals surface area contributed by atoms with E-state index in [-0.39, 0.29) is 0 Å². The first-order chi connectivity index (χ1) is 4.88. The van der Waals surface area contributed by atoms with Gasteiger partial charge in [0.05, 0.1) is 15.8 Å². The van der Waals surface area contributed by atoms with Gasteiger partial charge in [-0.15, -0.1) is 0 Å². The van der Waals surface area contributed by atoms with Crippen LogP contribution in [-0.2, 0) is 0 Å². The van der Waals surface area contributed by atoms with Crippen LogP contribution in [0.3, 0.4) is 0 Å². The van der Waals surface area contributed by atoms with Gasteiger partial charge in [-0.25, -0.2) is 0 Å². The van der Waals surface area contributed by atoms with Crippen molar-refractivity contribution in [2.45, 2.75) is 0 Å². The number of hydrogen-bond donors (Lipinski definition) is 1. The number of H-pyrrole nitrogens is 1. The zero-order valence-electron chi connectivity index (χ0n) is 5.26. The highest BCUT2D eigenvalue weighted by Crippen LogP contribution is 2.04. The van der Waals surface area contributed by atoms with Gasteiger partial charge in [0.15, 0.2) is 0 Å². The minimum absolute atomic E-state index is 0.940. The van der Waals surface area contributed by atoms with E-state index < -0.39 is 0 Å². The van der Waals surface area contributed by atoms with Gasteiger partial charge in [0.1, 0.15) is 0 Å². The van der Waals surface area contributed by atoms with E-state index in [2.05, 4.69) is 20.4 Å². The molecular weight excluding hydrogens is 140 g/mol. The molecule has 10 heavy (non-hydrogen) atoms.